The molecule has 0 aliphatic carbocycles. The summed E-state index contributed by atoms with van der Waals surface area (Å²) < 4.78 is 5.76. The Morgan fingerprint density at radius 3 is 2.89 bits per heavy atom. The second-order valence-corrected chi connectivity index (χ2v) is 4.46. The Balaban J connectivity index is 0.00000162. The number of primary amides is 1. The zero-order valence-corrected chi connectivity index (χ0v) is 11.0. The highest BCUT2D eigenvalue weighted by Crippen LogP contribution is 2.28. The first-order chi connectivity index (χ1) is 8.01. The SMILES string of the molecule is CC1(c2cccc(C(N)=O)c2)CNCC(N)O1.Cl. The van der Waals surface area contributed by atoms with Crippen molar-refractivity contribution in [3.05, 3.63) is 35.4 Å². The predicted molar refractivity (Wildman–Crippen MR) is 71.5 cm³/mol. The van der Waals surface area contributed by atoms with Crippen molar-refractivity contribution in [2.45, 2.75) is 18.8 Å². The second-order valence-electron chi connectivity index (χ2n) is 4.46. The second kappa shape index (κ2) is 5.67. The number of benzene rings is 1. The maximum absolute atomic E-state index is 11.1. The summed E-state index contributed by atoms with van der Waals surface area (Å²) in [5.41, 5.74) is 11.9. The van der Waals surface area contributed by atoms with Crippen LogP contribution in [0, 0.1) is 0 Å². The van der Waals surface area contributed by atoms with Gasteiger partial charge in [0.1, 0.15) is 11.8 Å². The molecule has 6 heteroatoms. The van der Waals surface area contributed by atoms with Gasteiger partial charge in [-0.2, -0.15) is 0 Å². The molecule has 2 rings (SSSR count). The van der Waals surface area contributed by atoms with Gasteiger partial charge in [-0.15, -0.1) is 12.4 Å². The van der Waals surface area contributed by atoms with Gasteiger partial charge in [-0.05, 0) is 24.6 Å². The lowest BCUT2D eigenvalue weighted by Crippen LogP contribution is -2.53. The lowest BCUT2D eigenvalue weighted by atomic mass is 9.93. The molecule has 1 fully saturated rings. The van der Waals surface area contributed by atoms with E-state index in [1.54, 1.807) is 18.2 Å². The number of rotatable bonds is 2. The molecule has 0 spiro atoms. The van der Waals surface area contributed by atoms with Gasteiger partial charge in [-0.1, -0.05) is 12.1 Å². The first-order valence-electron chi connectivity index (χ1n) is 5.56. The molecule has 100 valence electrons. The number of hydrogen-bond donors (Lipinski definition) is 3. The minimum Gasteiger partial charge on any atom is -0.366 e. The standard InChI is InChI=1S/C12H17N3O2.ClH/c1-12(7-15-6-10(13)17-12)9-4-2-3-8(5-9)11(14)16;/h2-5,10,15H,6-7,13H2,1H3,(H2,14,16);1H. The van der Waals surface area contributed by atoms with E-state index < -0.39 is 11.5 Å². The molecule has 1 aliphatic rings. The molecule has 1 amide bonds. The van der Waals surface area contributed by atoms with Crippen molar-refractivity contribution in [3.8, 4) is 0 Å². The Morgan fingerprint density at radius 1 is 1.56 bits per heavy atom. The Bertz CT molecular complexity index is 441. The lowest BCUT2D eigenvalue weighted by molar-refractivity contribution is -0.107. The maximum Gasteiger partial charge on any atom is 0.248 e. The Kier molecular flexibility index (Phi) is 4.70. The van der Waals surface area contributed by atoms with E-state index in [2.05, 4.69) is 5.32 Å². The van der Waals surface area contributed by atoms with Crippen molar-refractivity contribution in [1.82, 2.24) is 5.32 Å². The van der Waals surface area contributed by atoms with E-state index in [1.807, 2.05) is 13.0 Å². The highest BCUT2D eigenvalue weighted by atomic mass is 35.5. The van der Waals surface area contributed by atoms with Crippen LogP contribution >= 0.6 is 12.4 Å². The molecular weight excluding hydrogens is 254 g/mol. The van der Waals surface area contributed by atoms with E-state index in [9.17, 15) is 4.79 Å². The zero-order valence-electron chi connectivity index (χ0n) is 10.2. The summed E-state index contributed by atoms with van der Waals surface area (Å²) in [6.07, 6.45) is -0.342. The van der Waals surface area contributed by atoms with Gasteiger partial charge in [0.15, 0.2) is 0 Å². The molecule has 1 heterocycles. The third-order valence-electron chi connectivity index (χ3n) is 2.98. The van der Waals surface area contributed by atoms with E-state index in [1.165, 1.54) is 0 Å². The van der Waals surface area contributed by atoms with Crippen LogP contribution in [0.3, 0.4) is 0 Å². The molecule has 5 N–H and O–H groups in total. The van der Waals surface area contributed by atoms with Crippen LogP contribution in [0.2, 0.25) is 0 Å². The number of amides is 1. The average Bonchev–Trinajstić information content (AvgIpc) is 2.29. The van der Waals surface area contributed by atoms with Gasteiger partial charge >= 0.3 is 0 Å². The van der Waals surface area contributed by atoms with Crippen LogP contribution in [0.4, 0.5) is 0 Å². The first-order valence-corrected chi connectivity index (χ1v) is 5.56. The third-order valence-corrected chi connectivity index (χ3v) is 2.98. The van der Waals surface area contributed by atoms with Crippen molar-refractivity contribution in [3.63, 3.8) is 0 Å². The molecule has 5 nitrogen and oxygen atoms in total. The Labute approximate surface area is 112 Å². The summed E-state index contributed by atoms with van der Waals surface area (Å²) >= 11 is 0. The predicted octanol–water partition coefficient (Wildman–Crippen LogP) is 0.327. The molecule has 0 radical (unpaired) electrons. The summed E-state index contributed by atoms with van der Waals surface area (Å²) in [5, 5.41) is 3.21. The molecule has 0 bridgehead atoms. The molecule has 0 saturated carbocycles. The lowest BCUT2D eigenvalue weighted by Gasteiger charge is -2.38. The fourth-order valence-corrected chi connectivity index (χ4v) is 2.04. The summed E-state index contributed by atoms with van der Waals surface area (Å²) in [6, 6.07) is 7.14. The van der Waals surface area contributed by atoms with Crippen LogP contribution in [0.1, 0.15) is 22.8 Å². The van der Waals surface area contributed by atoms with Crippen LogP contribution in [0.15, 0.2) is 24.3 Å². The number of nitrogens with two attached hydrogens (primary N) is 2. The number of halogens is 1. The molecule has 1 aromatic carbocycles. The van der Waals surface area contributed by atoms with Gasteiger partial charge < -0.3 is 21.5 Å². The van der Waals surface area contributed by atoms with Gasteiger partial charge in [-0.25, -0.2) is 0 Å². The van der Waals surface area contributed by atoms with E-state index in [4.69, 9.17) is 16.2 Å². The zero-order chi connectivity index (χ0) is 12.5. The van der Waals surface area contributed by atoms with Crippen LogP contribution in [0.25, 0.3) is 0 Å². The van der Waals surface area contributed by atoms with Crippen molar-refractivity contribution in [1.29, 1.82) is 0 Å². The van der Waals surface area contributed by atoms with Crippen molar-refractivity contribution in [2.24, 2.45) is 11.5 Å². The fourth-order valence-electron chi connectivity index (χ4n) is 2.04. The number of nitrogens with one attached hydrogen (secondary N) is 1. The third kappa shape index (κ3) is 3.00. The van der Waals surface area contributed by atoms with Gasteiger partial charge in [-0.3, -0.25) is 4.79 Å². The number of carbonyl (C=O) groups excluding carboxylic acids is 1. The van der Waals surface area contributed by atoms with Crippen LogP contribution in [-0.2, 0) is 10.3 Å². The molecule has 1 aliphatic heterocycles. The van der Waals surface area contributed by atoms with E-state index >= 15 is 0 Å². The van der Waals surface area contributed by atoms with Crippen LogP contribution in [-0.4, -0.2) is 25.2 Å². The summed E-state index contributed by atoms with van der Waals surface area (Å²) in [6.45, 7) is 3.23. The summed E-state index contributed by atoms with van der Waals surface area (Å²) in [5.74, 6) is -0.441. The highest BCUT2D eigenvalue weighted by molar-refractivity contribution is 5.92. The minimum atomic E-state index is -0.525. The van der Waals surface area contributed by atoms with Crippen LogP contribution in [0.5, 0.6) is 0 Å². The molecule has 0 aromatic heterocycles. The first kappa shape index (κ1) is 14.9. The molecule has 18 heavy (non-hydrogen) atoms. The fraction of sp³-hybridized carbons (Fsp3) is 0.417. The van der Waals surface area contributed by atoms with E-state index in [0.29, 0.717) is 18.7 Å². The molecule has 2 atom stereocenters. The van der Waals surface area contributed by atoms with Gasteiger partial charge in [0.2, 0.25) is 5.91 Å². The highest BCUT2D eigenvalue weighted by Gasteiger charge is 2.33. The van der Waals surface area contributed by atoms with Crippen molar-refractivity contribution < 1.29 is 9.53 Å². The summed E-state index contributed by atoms with van der Waals surface area (Å²) in [7, 11) is 0. The normalized spacial score (nSPS) is 27.3. The number of ether oxygens (including phenoxy) is 1. The monoisotopic (exact) mass is 271 g/mol. The number of morpholine rings is 1. The Hall–Kier alpha value is -1.14. The Morgan fingerprint density at radius 2 is 2.28 bits per heavy atom. The van der Waals surface area contributed by atoms with Gasteiger partial charge in [0, 0.05) is 18.7 Å². The van der Waals surface area contributed by atoms with E-state index in [0.717, 1.165) is 5.56 Å². The maximum atomic E-state index is 11.1. The number of hydrogen-bond acceptors (Lipinski definition) is 4. The topological polar surface area (TPSA) is 90.4 Å². The molecule has 1 aromatic rings. The van der Waals surface area contributed by atoms with Gasteiger partial charge in [0.25, 0.3) is 0 Å². The molecular formula is C12H18ClN3O2. The summed E-state index contributed by atoms with van der Waals surface area (Å²) in [4.78, 5) is 11.1. The molecule has 2 unspecified atom stereocenters. The van der Waals surface area contributed by atoms with Crippen LogP contribution < -0.4 is 16.8 Å². The smallest absolute Gasteiger partial charge is 0.248 e. The van der Waals surface area contributed by atoms with E-state index in [-0.39, 0.29) is 18.6 Å². The van der Waals surface area contributed by atoms with Crippen molar-refractivity contribution in [2.75, 3.05) is 13.1 Å². The average molecular weight is 272 g/mol. The van der Waals surface area contributed by atoms with Gasteiger partial charge in [0.05, 0.1) is 0 Å². The number of carbonyl (C=O) groups is 1. The minimum absolute atomic E-state index is 0. The van der Waals surface area contributed by atoms with Crippen molar-refractivity contribution >= 4 is 18.3 Å². The quantitative estimate of drug-likeness (QED) is 0.723. The molecule has 1 saturated heterocycles. The largest absolute Gasteiger partial charge is 0.366 e.